The van der Waals surface area contributed by atoms with Crippen LogP contribution in [0.1, 0.15) is 70.5 Å². The minimum atomic E-state index is -0.533. The van der Waals surface area contributed by atoms with Crippen molar-refractivity contribution >= 4 is 53.8 Å². The van der Waals surface area contributed by atoms with Crippen molar-refractivity contribution in [2.75, 3.05) is 0 Å². The van der Waals surface area contributed by atoms with Gasteiger partial charge in [-0.15, -0.1) is 0 Å². The lowest BCUT2D eigenvalue weighted by atomic mass is 9.78. The third kappa shape index (κ3) is 5.21. The number of benzene rings is 1. The number of hydrogen-bond acceptors (Lipinski definition) is 5. The number of aryl methyl sites for hydroxylation is 1. The van der Waals surface area contributed by atoms with E-state index in [-0.39, 0.29) is 0 Å². The first kappa shape index (κ1) is 29.0. The number of para-hydroxylation sites is 2. The third-order valence-electron chi connectivity index (χ3n) is 8.86. The molecule has 2 aliphatic rings. The average molecular weight is 571 g/mol. The molecule has 218 valence electrons. The number of aliphatic imine (C=N–C) groups is 1. The summed E-state index contributed by atoms with van der Waals surface area (Å²) in [6, 6.07) is 14.5. The Hall–Kier alpha value is -4.07. The maximum Gasteiger partial charge on any atom is 0.494 e. The number of fused-ring (bicyclic) bond motifs is 5. The van der Waals surface area contributed by atoms with Gasteiger partial charge >= 0.3 is 7.12 Å². The number of imidazole rings is 1. The molecule has 6 rings (SSSR count). The predicted molar refractivity (Wildman–Crippen MR) is 179 cm³/mol. The van der Waals surface area contributed by atoms with Gasteiger partial charge in [-0.2, -0.15) is 0 Å². The van der Waals surface area contributed by atoms with Crippen molar-refractivity contribution < 1.29 is 9.31 Å². The largest absolute Gasteiger partial charge is 0.494 e. The molecule has 3 aromatic heterocycles. The van der Waals surface area contributed by atoms with Crippen LogP contribution in [0, 0.1) is 0 Å². The molecule has 0 saturated carbocycles. The van der Waals surface area contributed by atoms with Gasteiger partial charge in [0.2, 0.25) is 0 Å². The highest BCUT2D eigenvalue weighted by Crippen LogP contribution is 2.38. The fraction of sp³-hybridized carbons (Fsp3) is 0.306. The molecule has 4 aromatic rings. The first-order valence-electron chi connectivity index (χ1n) is 15.1. The highest BCUT2D eigenvalue weighted by Gasteiger charge is 2.51. The topological polar surface area (TPSA) is 61.0 Å². The van der Waals surface area contributed by atoms with Gasteiger partial charge in [-0.1, -0.05) is 43.0 Å². The molecule has 1 aromatic carbocycles. The van der Waals surface area contributed by atoms with E-state index in [4.69, 9.17) is 19.3 Å². The van der Waals surface area contributed by atoms with Gasteiger partial charge in [0.15, 0.2) is 0 Å². The summed E-state index contributed by atoms with van der Waals surface area (Å²) >= 11 is 0. The Bertz CT molecular complexity index is 1950. The molecule has 43 heavy (non-hydrogen) atoms. The van der Waals surface area contributed by atoms with E-state index in [2.05, 4.69) is 99.2 Å². The molecule has 0 unspecified atom stereocenters. The van der Waals surface area contributed by atoms with Crippen LogP contribution in [0.3, 0.4) is 0 Å². The summed E-state index contributed by atoms with van der Waals surface area (Å²) in [4.78, 5) is 14.6. The molecule has 0 atom stereocenters. The van der Waals surface area contributed by atoms with Gasteiger partial charge in [-0.3, -0.25) is 14.4 Å². The number of pyridine rings is 2. The van der Waals surface area contributed by atoms with Crippen molar-refractivity contribution in [3.8, 4) is 0 Å². The number of rotatable bonds is 6. The minimum absolute atomic E-state index is 0.446. The molecule has 4 heterocycles. The SMILES string of the molecule is C=C(/C=c1/c2c(c3nc4ccccc4n3/c1=C/C)CCC(c1cccc(C/N=C\C=C/C)n1)=C2)B1OC(C)(C)C(C)(C)O1. The second kappa shape index (κ2) is 11.2. The van der Waals surface area contributed by atoms with Crippen LogP contribution < -0.4 is 10.6 Å². The molecule has 1 aliphatic heterocycles. The second-order valence-electron chi connectivity index (χ2n) is 12.2. The van der Waals surface area contributed by atoms with Gasteiger partial charge in [0.25, 0.3) is 0 Å². The maximum absolute atomic E-state index is 6.39. The van der Waals surface area contributed by atoms with Gasteiger partial charge in [0.1, 0.15) is 5.65 Å². The lowest BCUT2D eigenvalue weighted by Crippen LogP contribution is -2.41. The van der Waals surface area contributed by atoms with E-state index < -0.39 is 18.3 Å². The van der Waals surface area contributed by atoms with E-state index in [9.17, 15) is 0 Å². The average Bonchev–Trinajstić information content (AvgIpc) is 3.48. The Morgan fingerprint density at radius 2 is 1.79 bits per heavy atom. The van der Waals surface area contributed by atoms with E-state index >= 15 is 0 Å². The minimum Gasteiger partial charge on any atom is -0.399 e. The number of aromatic nitrogens is 3. The van der Waals surface area contributed by atoms with E-state index in [1.165, 1.54) is 11.1 Å². The van der Waals surface area contributed by atoms with Crippen molar-refractivity contribution in [3.63, 3.8) is 0 Å². The molecule has 0 bridgehead atoms. The van der Waals surface area contributed by atoms with Crippen molar-refractivity contribution in [3.05, 3.63) is 99.8 Å². The fourth-order valence-electron chi connectivity index (χ4n) is 5.86. The Morgan fingerprint density at radius 3 is 2.53 bits per heavy atom. The summed E-state index contributed by atoms with van der Waals surface area (Å²) in [7, 11) is -0.533. The summed E-state index contributed by atoms with van der Waals surface area (Å²) in [6.07, 6.45) is 14.0. The van der Waals surface area contributed by atoms with Crippen molar-refractivity contribution in [2.24, 2.45) is 4.99 Å². The zero-order valence-electron chi connectivity index (χ0n) is 26.0. The summed E-state index contributed by atoms with van der Waals surface area (Å²) in [6.45, 7) is 17.3. The maximum atomic E-state index is 6.39. The Kier molecular flexibility index (Phi) is 7.57. The molecule has 0 radical (unpaired) electrons. The van der Waals surface area contributed by atoms with E-state index in [1.807, 2.05) is 37.4 Å². The van der Waals surface area contributed by atoms with Crippen LogP contribution in [0.15, 0.2) is 71.7 Å². The summed E-state index contributed by atoms with van der Waals surface area (Å²) in [5.41, 5.74) is 8.47. The third-order valence-corrected chi connectivity index (χ3v) is 8.86. The highest BCUT2D eigenvalue weighted by atomic mass is 16.7. The van der Waals surface area contributed by atoms with Crippen LogP contribution in [0.4, 0.5) is 0 Å². The van der Waals surface area contributed by atoms with Crippen molar-refractivity contribution in [1.82, 2.24) is 14.4 Å². The first-order valence-corrected chi connectivity index (χ1v) is 15.1. The van der Waals surface area contributed by atoms with Crippen LogP contribution in [0.25, 0.3) is 40.5 Å². The van der Waals surface area contributed by atoms with E-state index in [0.717, 1.165) is 62.5 Å². The predicted octanol–water partition coefficient (Wildman–Crippen LogP) is 6.28. The Morgan fingerprint density at radius 1 is 1.02 bits per heavy atom. The Balaban J connectivity index is 1.55. The Labute approximate surface area is 254 Å². The van der Waals surface area contributed by atoms with Gasteiger partial charge in [-0.05, 0) is 107 Å². The molecule has 0 spiro atoms. The monoisotopic (exact) mass is 570 g/mol. The smallest absolute Gasteiger partial charge is 0.399 e. The van der Waals surface area contributed by atoms with Gasteiger partial charge in [0, 0.05) is 17.0 Å². The fourth-order valence-corrected chi connectivity index (χ4v) is 5.86. The standard InChI is InChI=1S/C36H39BN4O2/c1-8-10-20-38-23-26-14-13-16-30(39-26)25-18-19-27-28(22-25)29(21-24(3)37-42-35(4,5)36(6,7)43-37)32(9-2)41-33-17-12-11-15-31(33)40-34(27)41/h8-17,20-22H,3,18-19,23H2,1-2,4-7H3/b10-8-,29-21-,32-9+,38-20-. The lowest BCUT2D eigenvalue weighted by molar-refractivity contribution is 0.00578. The summed E-state index contributed by atoms with van der Waals surface area (Å²) in [5, 5.41) is 2.15. The molecular formula is C36H39BN4O2. The van der Waals surface area contributed by atoms with Gasteiger partial charge in [0.05, 0.1) is 45.5 Å². The molecule has 7 heteroatoms. The molecule has 1 aliphatic carbocycles. The first-order chi connectivity index (χ1) is 20.6. The van der Waals surface area contributed by atoms with Crippen LogP contribution in [-0.2, 0) is 22.3 Å². The molecule has 6 nitrogen and oxygen atoms in total. The number of allylic oxidation sites excluding steroid dienone is 4. The second-order valence-corrected chi connectivity index (χ2v) is 12.2. The summed E-state index contributed by atoms with van der Waals surface area (Å²) in [5.74, 6) is 0. The van der Waals surface area contributed by atoms with Crippen molar-refractivity contribution in [2.45, 2.75) is 72.1 Å². The van der Waals surface area contributed by atoms with Crippen molar-refractivity contribution in [1.29, 1.82) is 0 Å². The number of nitrogens with zero attached hydrogens (tertiary/aromatic N) is 4. The summed E-state index contributed by atoms with van der Waals surface area (Å²) < 4.78 is 15.1. The van der Waals surface area contributed by atoms with Crippen LogP contribution >= 0.6 is 0 Å². The van der Waals surface area contributed by atoms with Crippen LogP contribution in [0.2, 0.25) is 0 Å². The van der Waals surface area contributed by atoms with Crippen LogP contribution in [-0.4, -0.2) is 38.9 Å². The zero-order chi connectivity index (χ0) is 30.4. The van der Waals surface area contributed by atoms with Gasteiger partial charge in [-0.25, -0.2) is 4.98 Å². The number of hydrogen-bond donors (Lipinski definition) is 0. The normalized spacial score (nSPS) is 18.8. The zero-order valence-corrected chi connectivity index (χ0v) is 26.0. The lowest BCUT2D eigenvalue weighted by Gasteiger charge is -2.32. The quantitative estimate of drug-likeness (QED) is 0.202. The molecule has 0 amide bonds. The molecule has 1 saturated heterocycles. The molecule has 0 N–H and O–H groups in total. The molecular weight excluding hydrogens is 531 g/mol. The molecule has 1 fully saturated rings. The van der Waals surface area contributed by atoms with Crippen LogP contribution in [0.5, 0.6) is 0 Å². The highest BCUT2D eigenvalue weighted by molar-refractivity contribution is 6.57. The van der Waals surface area contributed by atoms with E-state index in [1.54, 1.807) is 0 Å². The van der Waals surface area contributed by atoms with E-state index in [0.29, 0.717) is 6.54 Å². The van der Waals surface area contributed by atoms with Gasteiger partial charge < -0.3 is 9.31 Å².